The van der Waals surface area contributed by atoms with E-state index in [2.05, 4.69) is 19.9 Å². The lowest BCUT2D eigenvalue weighted by atomic mass is 10.0. The first-order chi connectivity index (χ1) is 17.5. The molecule has 192 valence electrons. The number of nitrogen functional groups attached to an aromatic ring is 1. The van der Waals surface area contributed by atoms with Crippen molar-refractivity contribution in [2.75, 3.05) is 12.8 Å². The minimum atomic E-state index is -0.835. The second-order valence-corrected chi connectivity index (χ2v) is 8.54. The maximum absolute atomic E-state index is 12.7. The number of aromatic nitrogens is 4. The fourth-order valence-electron chi connectivity index (χ4n) is 3.67. The number of esters is 2. The Morgan fingerprint density at radius 3 is 2.30 bits per heavy atom. The smallest absolute Gasteiger partial charge is 0.347 e. The highest BCUT2D eigenvalue weighted by molar-refractivity contribution is 6.39. The SMILES string of the molecule is COC(=O)c1c(C)c2c(c(C)c1O)OC(=O)c1c(C)c(Cl)c(O)c(Cl)c1O2.Nc1ncnc2nc[nH]c12. The molecule has 5 rings (SSSR count). The van der Waals surface area contributed by atoms with Gasteiger partial charge in [-0.1, -0.05) is 23.2 Å². The molecule has 12 nitrogen and oxygen atoms in total. The van der Waals surface area contributed by atoms with Crippen LogP contribution in [0.15, 0.2) is 12.7 Å². The molecular weight excluding hydrogens is 529 g/mol. The fraction of sp³-hybridized carbons (Fsp3) is 0.174. The third-order valence-corrected chi connectivity index (χ3v) is 6.46. The van der Waals surface area contributed by atoms with Crippen LogP contribution in [0.3, 0.4) is 0 Å². The van der Waals surface area contributed by atoms with Crippen LogP contribution in [0.2, 0.25) is 10.0 Å². The van der Waals surface area contributed by atoms with Crippen molar-refractivity contribution in [3.8, 4) is 28.7 Å². The number of aromatic amines is 1. The number of rotatable bonds is 1. The van der Waals surface area contributed by atoms with Gasteiger partial charge in [-0.2, -0.15) is 0 Å². The number of hydrogen-bond acceptors (Lipinski definition) is 11. The number of nitrogens with two attached hydrogens (primary N) is 1. The van der Waals surface area contributed by atoms with Crippen LogP contribution < -0.4 is 15.2 Å². The first kappa shape index (κ1) is 25.8. The van der Waals surface area contributed by atoms with Gasteiger partial charge in [0.1, 0.15) is 33.7 Å². The summed E-state index contributed by atoms with van der Waals surface area (Å²) in [6.45, 7) is 4.43. The number of halogens is 2. The number of phenols is 2. The number of nitrogens with zero attached hydrogens (tertiary/aromatic N) is 3. The highest BCUT2D eigenvalue weighted by Crippen LogP contribution is 2.52. The van der Waals surface area contributed by atoms with Crippen LogP contribution in [-0.2, 0) is 4.74 Å². The van der Waals surface area contributed by atoms with E-state index in [0.717, 1.165) is 0 Å². The topological polar surface area (TPSA) is 183 Å². The van der Waals surface area contributed by atoms with Gasteiger partial charge < -0.3 is 35.1 Å². The summed E-state index contributed by atoms with van der Waals surface area (Å²) in [5.41, 5.74) is 7.04. The zero-order valence-corrected chi connectivity index (χ0v) is 21.3. The van der Waals surface area contributed by atoms with Crippen molar-refractivity contribution in [2.24, 2.45) is 0 Å². The lowest BCUT2D eigenvalue weighted by Crippen LogP contribution is -2.11. The number of hydrogen-bond donors (Lipinski definition) is 4. The minimum absolute atomic E-state index is 0.0131. The molecule has 1 aliphatic rings. The maximum Gasteiger partial charge on any atom is 0.347 e. The third kappa shape index (κ3) is 4.19. The largest absolute Gasteiger partial charge is 0.507 e. The van der Waals surface area contributed by atoms with Crippen LogP contribution in [0, 0.1) is 20.8 Å². The van der Waals surface area contributed by atoms with Gasteiger partial charge >= 0.3 is 11.9 Å². The van der Waals surface area contributed by atoms with Crippen molar-refractivity contribution in [3.63, 3.8) is 0 Å². The molecule has 5 N–H and O–H groups in total. The maximum atomic E-state index is 12.7. The van der Waals surface area contributed by atoms with Gasteiger partial charge in [0, 0.05) is 11.1 Å². The Kier molecular flexibility index (Phi) is 6.72. The van der Waals surface area contributed by atoms with E-state index in [1.807, 2.05) is 0 Å². The zero-order chi connectivity index (χ0) is 27.2. The Labute approximate surface area is 218 Å². The first-order valence-corrected chi connectivity index (χ1v) is 11.2. The molecule has 4 aromatic rings. The number of aromatic hydroxyl groups is 2. The second-order valence-electron chi connectivity index (χ2n) is 7.78. The Hall–Kier alpha value is -4.29. The number of H-pyrrole nitrogens is 1. The molecule has 2 aromatic carbocycles. The Balaban J connectivity index is 0.000000265. The molecule has 0 saturated carbocycles. The molecule has 0 atom stereocenters. The van der Waals surface area contributed by atoms with Crippen molar-refractivity contribution in [1.29, 1.82) is 0 Å². The molecule has 0 aliphatic carbocycles. The lowest BCUT2D eigenvalue weighted by molar-refractivity contribution is 0.0596. The molecule has 3 heterocycles. The number of carbonyl (C=O) groups excluding carboxylic acids is 2. The monoisotopic (exact) mass is 547 g/mol. The van der Waals surface area contributed by atoms with Gasteiger partial charge in [-0.15, -0.1) is 0 Å². The third-order valence-electron chi connectivity index (χ3n) is 5.65. The summed E-state index contributed by atoms with van der Waals surface area (Å²) in [6.07, 6.45) is 2.92. The van der Waals surface area contributed by atoms with Crippen molar-refractivity contribution >= 4 is 52.1 Å². The average Bonchev–Trinajstić information content (AvgIpc) is 3.30. The molecule has 0 fully saturated rings. The van der Waals surface area contributed by atoms with Crippen LogP contribution in [0.5, 0.6) is 28.7 Å². The van der Waals surface area contributed by atoms with Gasteiger partial charge in [-0.05, 0) is 26.3 Å². The standard InChI is InChI=1S/C18H14Cl2O7.C5H5N5/c1-5-9-16(11(20)13(22)10(5)19)26-14-6(2)8(17(23)25-4)12(21)7(3)15(14)27-18(9)24;6-4-3-5(9-1-7-3)10-2-8-4/h21-22H,1-4H3;1-2H,(H3,6,7,8,9,10). The Morgan fingerprint density at radius 1 is 0.973 bits per heavy atom. The van der Waals surface area contributed by atoms with Gasteiger partial charge in [-0.25, -0.2) is 24.5 Å². The van der Waals surface area contributed by atoms with Crippen LogP contribution >= 0.6 is 23.2 Å². The molecule has 0 unspecified atom stereocenters. The number of methoxy groups -OCH3 is 1. The quantitative estimate of drug-likeness (QED) is 0.196. The summed E-state index contributed by atoms with van der Waals surface area (Å²) >= 11 is 12.2. The molecule has 0 radical (unpaired) electrons. The van der Waals surface area contributed by atoms with Gasteiger partial charge in [-0.3, -0.25) is 0 Å². The van der Waals surface area contributed by atoms with E-state index >= 15 is 0 Å². The zero-order valence-electron chi connectivity index (χ0n) is 19.8. The summed E-state index contributed by atoms with van der Waals surface area (Å²) in [7, 11) is 1.17. The van der Waals surface area contributed by atoms with Crippen LogP contribution in [0.1, 0.15) is 37.4 Å². The average molecular weight is 548 g/mol. The van der Waals surface area contributed by atoms with E-state index in [1.165, 1.54) is 40.5 Å². The van der Waals surface area contributed by atoms with E-state index in [0.29, 0.717) is 17.0 Å². The van der Waals surface area contributed by atoms with Gasteiger partial charge in [0.2, 0.25) is 0 Å². The highest BCUT2D eigenvalue weighted by Gasteiger charge is 2.35. The molecule has 0 saturated heterocycles. The highest BCUT2D eigenvalue weighted by atomic mass is 35.5. The van der Waals surface area contributed by atoms with Crippen LogP contribution in [0.4, 0.5) is 5.82 Å². The number of phenolic OH excluding ortho intramolecular Hbond substituents is 2. The number of ether oxygens (including phenoxy) is 3. The molecule has 14 heteroatoms. The summed E-state index contributed by atoms with van der Waals surface area (Å²) in [6, 6.07) is 0. The number of benzene rings is 2. The summed E-state index contributed by atoms with van der Waals surface area (Å²) in [4.78, 5) is 39.1. The van der Waals surface area contributed by atoms with Crippen molar-refractivity contribution in [1.82, 2.24) is 19.9 Å². The van der Waals surface area contributed by atoms with Crippen LogP contribution in [-0.4, -0.2) is 49.2 Å². The normalized spacial score (nSPS) is 11.9. The molecule has 0 spiro atoms. The first-order valence-electron chi connectivity index (χ1n) is 10.4. The Bertz CT molecular complexity index is 1600. The molecular formula is C23H19Cl2N5O7. The van der Waals surface area contributed by atoms with Gasteiger partial charge in [0.15, 0.2) is 34.5 Å². The van der Waals surface area contributed by atoms with Gasteiger partial charge in [0.25, 0.3) is 0 Å². The van der Waals surface area contributed by atoms with E-state index in [-0.39, 0.29) is 55.1 Å². The van der Waals surface area contributed by atoms with E-state index < -0.39 is 23.4 Å². The molecule has 37 heavy (non-hydrogen) atoms. The molecule has 0 bridgehead atoms. The number of fused-ring (bicyclic) bond motifs is 3. The van der Waals surface area contributed by atoms with Gasteiger partial charge in [0.05, 0.1) is 18.5 Å². The van der Waals surface area contributed by atoms with E-state index in [1.54, 1.807) is 0 Å². The molecule has 2 aromatic heterocycles. The predicted molar refractivity (Wildman–Crippen MR) is 133 cm³/mol. The number of anilines is 1. The summed E-state index contributed by atoms with van der Waals surface area (Å²) in [5, 5.41) is 20.1. The number of nitrogens with one attached hydrogen (secondary N) is 1. The number of imidazole rings is 1. The number of carbonyl (C=O) groups is 2. The minimum Gasteiger partial charge on any atom is -0.507 e. The summed E-state index contributed by atoms with van der Waals surface area (Å²) in [5.74, 6) is -2.30. The summed E-state index contributed by atoms with van der Waals surface area (Å²) < 4.78 is 15.9. The Morgan fingerprint density at radius 2 is 1.65 bits per heavy atom. The van der Waals surface area contributed by atoms with Crippen molar-refractivity contribution in [2.45, 2.75) is 20.8 Å². The predicted octanol–water partition coefficient (Wildman–Crippen LogP) is 4.38. The van der Waals surface area contributed by atoms with Crippen molar-refractivity contribution in [3.05, 3.63) is 50.5 Å². The molecule has 0 amide bonds. The fourth-order valence-corrected chi connectivity index (χ4v) is 4.13. The van der Waals surface area contributed by atoms with E-state index in [4.69, 9.17) is 43.1 Å². The lowest BCUT2D eigenvalue weighted by Gasteiger charge is -2.17. The van der Waals surface area contributed by atoms with Crippen LogP contribution in [0.25, 0.3) is 11.2 Å². The van der Waals surface area contributed by atoms with Crippen molar-refractivity contribution < 1.29 is 34.0 Å². The second kappa shape index (κ2) is 9.64. The van der Waals surface area contributed by atoms with E-state index in [9.17, 15) is 19.8 Å². The molecule has 1 aliphatic heterocycles.